The van der Waals surface area contributed by atoms with E-state index in [1.54, 1.807) is 12.3 Å². The minimum Gasteiger partial charge on any atom is -0.267 e. The van der Waals surface area contributed by atoms with Gasteiger partial charge in [0.25, 0.3) is 5.56 Å². The normalized spacial score (nSPS) is 11.4. The van der Waals surface area contributed by atoms with Crippen LogP contribution in [-0.4, -0.2) is 15.9 Å². The lowest BCUT2D eigenvalue weighted by molar-refractivity contribution is 0.829. The average molecular weight is 497 g/mol. The third-order valence-corrected chi connectivity index (χ3v) is 5.36. The number of aryl methyl sites for hydroxylation is 1. The van der Waals surface area contributed by atoms with E-state index in [9.17, 15) is 4.79 Å². The van der Waals surface area contributed by atoms with E-state index in [0.29, 0.717) is 16.7 Å². The smallest absolute Gasteiger partial charge is 0.267 e. The largest absolute Gasteiger partial charge is 0.282 e. The number of benzene rings is 3. The summed E-state index contributed by atoms with van der Waals surface area (Å²) in [6.45, 7) is 2.03. The molecular weight excluding hydrogens is 482 g/mol. The van der Waals surface area contributed by atoms with E-state index in [-0.39, 0.29) is 5.56 Å². The van der Waals surface area contributed by atoms with Gasteiger partial charge in [0, 0.05) is 14.5 Å². The molecule has 0 unspecified atom stereocenters. The maximum atomic E-state index is 13.3. The fourth-order valence-corrected chi connectivity index (χ4v) is 4.18. The van der Waals surface area contributed by atoms with Gasteiger partial charge in [-0.3, -0.25) is 4.79 Å². The average Bonchev–Trinajstić information content (AvgIpc) is 2.69. The summed E-state index contributed by atoms with van der Waals surface area (Å²) in [6.07, 6.45) is 1.67. The quantitative estimate of drug-likeness (QED) is 0.337. The molecule has 0 aliphatic rings. The second-order valence-corrected chi connectivity index (χ2v) is 8.13. The first-order valence-corrected chi connectivity index (χ1v) is 10.2. The van der Waals surface area contributed by atoms with Crippen molar-refractivity contribution in [2.24, 2.45) is 5.10 Å². The van der Waals surface area contributed by atoms with E-state index in [1.165, 1.54) is 10.2 Å². The van der Waals surface area contributed by atoms with Crippen molar-refractivity contribution in [1.29, 1.82) is 0 Å². The van der Waals surface area contributed by atoms with Gasteiger partial charge >= 0.3 is 0 Å². The maximum absolute atomic E-state index is 13.3. The standard InChI is InChI=1S/C22H15Br2N3O/c1-14-7-9-15(10-8-14)13-25-27-21(16-5-3-2-4-6-16)26-20-18(22(27)28)11-17(23)12-19(20)24/h2-13H,1H3/b25-13+. The lowest BCUT2D eigenvalue weighted by atomic mass is 10.2. The van der Waals surface area contributed by atoms with Gasteiger partial charge in [-0.05, 0) is 40.5 Å². The Morgan fingerprint density at radius 3 is 2.43 bits per heavy atom. The topological polar surface area (TPSA) is 47.2 Å². The predicted molar refractivity (Wildman–Crippen MR) is 121 cm³/mol. The highest BCUT2D eigenvalue weighted by molar-refractivity contribution is 9.11. The van der Waals surface area contributed by atoms with E-state index in [0.717, 1.165) is 20.1 Å². The van der Waals surface area contributed by atoms with Gasteiger partial charge in [0.1, 0.15) is 0 Å². The summed E-state index contributed by atoms with van der Waals surface area (Å²) in [6, 6.07) is 21.2. The van der Waals surface area contributed by atoms with Gasteiger partial charge in [0.05, 0.1) is 17.1 Å². The summed E-state index contributed by atoms with van der Waals surface area (Å²) in [5.41, 5.74) is 3.27. The van der Waals surface area contributed by atoms with E-state index >= 15 is 0 Å². The number of rotatable bonds is 3. The molecule has 0 fully saturated rings. The van der Waals surface area contributed by atoms with Crippen LogP contribution in [-0.2, 0) is 0 Å². The molecule has 0 saturated carbocycles. The fraction of sp³-hybridized carbons (Fsp3) is 0.0455. The number of aromatic nitrogens is 2. The van der Waals surface area contributed by atoms with E-state index in [2.05, 4.69) is 37.0 Å². The van der Waals surface area contributed by atoms with Crippen LogP contribution in [0.5, 0.6) is 0 Å². The van der Waals surface area contributed by atoms with Crippen LogP contribution < -0.4 is 5.56 Å². The number of nitrogens with zero attached hydrogens (tertiary/aromatic N) is 3. The van der Waals surface area contributed by atoms with Crippen LogP contribution in [0.1, 0.15) is 11.1 Å². The number of hydrogen-bond donors (Lipinski definition) is 0. The second kappa shape index (κ2) is 7.81. The zero-order valence-corrected chi connectivity index (χ0v) is 18.1. The van der Waals surface area contributed by atoms with E-state index < -0.39 is 0 Å². The second-order valence-electron chi connectivity index (χ2n) is 6.36. The van der Waals surface area contributed by atoms with Gasteiger partial charge in [-0.25, -0.2) is 4.98 Å². The summed E-state index contributed by atoms with van der Waals surface area (Å²) >= 11 is 6.96. The molecule has 1 aromatic heterocycles. The Kier molecular flexibility index (Phi) is 5.24. The zero-order chi connectivity index (χ0) is 19.7. The van der Waals surface area contributed by atoms with Crippen molar-refractivity contribution in [3.8, 4) is 11.4 Å². The van der Waals surface area contributed by atoms with Crippen LogP contribution in [0.15, 0.2) is 85.6 Å². The lowest BCUT2D eigenvalue weighted by Gasteiger charge is -2.10. The Bertz CT molecular complexity index is 1250. The summed E-state index contributed by atoms with van der Waals surface area (Å²) in [5.74, 6) is 0.490. The highest BCUT2D eigenvalue weighted by Gasteiger charge is 2.15. The molecule has 0 bridgehead atoms. The molecule has 0 radical (unpaired) electrons. The number of hydrogen-bond acceptors (Lipinski definition) is 3. The molecule has 28 heavy (non-hydrogen) atoms. The summed E-state index contributed by atoms with van der Waals surface area (Å²) in [4.78, 5) is 18.0. The molecule has 138 valence electrons. The van der Waals surface area contributed by atoms with Gasteiger partial charge in [-0.1, -0.05) is 76.1 Å². The molecule has 0 aliphatic carbocycles. The molecule has 0 aliphatic heterocycles. The summed E-state index contributed by atoms with van der Waals surface area (Å²) in [5, 5.41) is 4.97. The van der Waals surface area contributed by atoms with Crippen LogP contribution in [0.4, 0.5) is 0 Å². The van der Waals surface area contributed by atoms with Crippen molar-refractivity contribution in [2.45, 2.75) is 6.92 Å². The first-order chi connectivity index (χ1) is 13.5. The van der Waals surface area contributed by atoms with Crippen LogP contribution in [0, 0.1) is 6.92 Å². The summed E-state index contributed by atoms with van der Waals surface area (Å²) < 4.78 is 2.91. The van der Waals surface area contributed by atoms with Crippen LogP contribution in [0.3, 0.4) is 0 Å². The first-order valence-electron chi connectivity index (χ1n) is 8.61. The Morgan fingerprint density at radius 2 is 1.71 bits per heavy atom. The van der Waals surface area contributed by atoms with Crippen molar-refractivity contribution in [2.75, 3.05) is 0 Å². The van der Waals surface area contributed by atoms with Crippen molar-refractivity contribution < 1.29 is 0 Å². The van der Waals surface area contributed by atoms with Crippen molar-refractivity contribution >= 4 is 49.0 Å². The fourth-order valence-electron chi connectivity index (χ4n) is 2.86. The van der Waals surface area contributed by atoms with E-state index in [1.807, 2.05) is 67.6 Å². The molecule has 0 saturated heterocycles. The molecule has 4 aromatic rings. The molecule has 4 rings (SSSR count). The van der Waals surface area contributed by atoms with Crippen molar-refractivity contribution in [3.63, 3.8) is 0 Å². The molecule has 3 aromatic carbocycles. The van der Waals surface area contributed by atoms with Crippen molar-refractivity contribution in [1.82, 2.24) is 9.66 Å². The SMILES string of the molecule is Cc1ccc(/C=N/n2c(-c3ccccc3)nc3c(Br)cc(Br)cc3c2=O)cc1. The minimum atomic E-state index is -0.228. The monoisotopic (exact) mass is 495 g/mol. The zero-order valence-electron chi connectivity index (χ0n) is 14.9. The Hall–Kier alpha value is -2.57. The number of halogens is 2. The van der Waals surface area contributed by atoms with Gasteiger partial charge < -0.3 is 0 Å². The van der Waals surface area contributed by atoms with E-state index in [4.69, 9.17) is 4.98 Å². The molecule has 4 nitrogen and oxygen atoms in total. The Labute approximate surface area is 178 Å². The first kappa shape index (κ1) is 18.8. The van der Waals surface area contributed by atoms with Gasteiger partial charge in [0.15, 0.2) is 5.82 Å². The van der Waals surface area contributed by atoms with Crippen LogP contribution in [0.2, 0.25) is 0 Å². The predicted octanol–water partition coefficient (Wildman–Crippen LogP) is 5.78. The molecular formula is C22H15Br2N3O. The minimum absolute atomic E-state index is 0.228. The van der Waals surface area contributed by atoms with Crippen LogP contribution in [0.25, 0.3) is 22.3 Å². The highest BCUT2D eigenvalue weighted by Crippen LogP contribution is 2.27. The maximum Gasteiger partial charge on any atom is 0.282 e. The molecule has 0 atom stereocenters. The third-order valence-electron chi connectivity index (χ3n) is 4.30. The Balaban J connectivity index is 1.98. The van der Waals surface area contributed by atoms with Crippen molar-refractivity contribution in [3.05, 3.63) is 97.2 Å². The molecule has 0 spiro atoms. The summed E-state index contributed by atoms with van der Waals surface area (Å²) in [7, 11) is 0. The Morgan fingerprint density at radius 1 is 1.00 bits per heavy atom. The molecule has 1 heterocycles. The van der Waals surface area contributed by atoms with Gasteiger partial charge in [-0.2, -0.15) is 9.78 Å². The lowest BCUT2D eigenvalue weighted by Crippen LogP contribution is -2.20. The van der Waals surface area contributed by atoms with Crippen LogP contribution >= 0.6 is 31.9 Å². The molecule has 6 heteroatoms. The number of fused-ring (bicyclic) bond motifs is 1. The third kappa shape index (κ3) is 3.70. The molecule has 0 amide bonds. The van der Waals surface area contributed by atoms with Gasteiger partial charge in [0.2, 0.25) is 0 Å². The highest BCUT2D eigenvalue weighted by atomic mass is 79.9. The molecule has 0 N–H and O–H groups in total. The van der Waals surface area contributed by atoms with Gasteiger partial charge in [-0.15, -0.1) is 0 Å².